The first-order chi connectivity index (χ1) is 8.90. The van der Waals surface area contributed by atoms with Crippen LogP contribution in [0.5, 0.6) is 0 Å². The maximum Gasteiger partial charge on any atom is 0.305 e. The van der Waals surface area contributed by atoms with Crippen LogP contribution in [-0.2, 0) is 4.79 Å². The second kappa shape index (κ2) is 6.62. The van der Waals surface area contributed by atoms with Crippen molar-refractivity contribution in [2.24, 2.45) is 5.92 Å². The van der Waals surface area contributed by atoms with Gasteiger partial charge in [-0.2, -0.15) is 0 Å². The fraction of sp³-hybridized carbons (Fsp3) is 0.545. The van der Waals surface area contributed by atoms with Crippen LogP contribution in [0.2, 0.25) is 0 Å². The summed E-state index contributed by atoms with van der Waals surface area (Å²) in [6.07, 6.45) is 2.18. The number of nitrogens with zero attached hydrogens (tertiary/aromatic N) is 3. The van der Waals surface area contributed by atoms with Crippen LogP contribution < -0.4 is 10.6 Å². The van der Waals surface area contributed by atoms with E-state index in [-0.39, 0.29) is 17.5 Å². The largest absolute Gasteiger partial charge is 0.354 e. The van der Waals surface area contributed by atoms with Crippen LogP contribution >= 0.6 is 0 Å². The summed E-state index contributed by atoms with van der Waals surface area (Å²) in [6, 6.07) is -0.514. The summed E-state index contributed by atoms with van der Waals surface area (Å²) in [5, 5.41) is 16.0. The highest BCUT2D eigenvalue weighted by Crippen LogP contribution is 2.08. The summed E-state index contributed by atoms with van der Waals surface area (Å²) in [6.45, 7) is 6.25. The summed E-state index contributed by atoms with van der Waals surface area (Å²) in [5.41, 5.74) is -0.192. The van der Waals surface area contributed by atoms with Crippen molar-refractivity contribution in [3.05, 3.63) is 22.5 Å². The van der Waals surface area contributed by atoms with E-state index < -0.39 is 11.0 Å². The standard InChI is InChI=1S/C11H17N5O3/c1-7(2)4-12-10(17)8(3)15-11-13-5-9(6-14-11)16(18)19/h5-8H,4H2,1-3H3,(H,12,17)(H,13,14,15). The molecule has 0 spiro atoms. The number of carbonyl (C=O) groups excluding carboxylic acids is 1. The average Bonchev–Trinajstić information content (AvgIpc) is 2.36. The third-order valence-electron chi connectivity index (χ3n) is 2.27. The number of aromatic nitrogens is 2. The normalized spacial score (nSPS) is 12.0. The molecule has 8 nitrogen and oxygen atoms in total. The Labute approximate surface area is 110 Å². The van der Waals surface area contributed by atoms with Crippen LogP contribution in [-0.4, -0.2) is 33.4 Å². The summed E-state index contributed by atoms with van der Waals surface area (Å²) < 4.78 is 0. The summed E-state index contributed by atoms with van der Waals surface area (Å²) in [7, 11) is 0. The Morgan fingerprint density at radius 1 is 1.37 bits per heavy atom. The lowest BCUT2D eigenvalue weighted by Crippen LogP contribution is -2.39. The van der Waals surface area contributed by atoms with Gasteiger partial charge in [0.15, 0.2) is 0 Å². The molecule has 1 amide bonds. The Kier molecular flexibility index (Phi) is 5.16. The van der Waals surface area contributed by atoms with E-state index in [2.05, 4.69) is 20.6 Å². The van der Waals surface area contributed by atoms with Gasteiger partial charge in [0.25, 0.3) is 0 Å². The molecular weight excluding hydrogens is 250 g/mol. The molecule has 1 heterocycles. The smallest absolute Gasteiger partial charge is 0.305 e. The van der Waals surface area contributed by atoms with E-state index in [1.807, 2.05) is 13.8 Å². The lowest BCUT2D eigenvalue weighted by atomic mass is 10.2. The van der Waals surface area contributed by atoms with Gasteiger partial charge in [-0.25, -0.2) is 9.97 Å². The molecule has 0 aromatic carbocycles. The molecule has 104 valence electrons. The maximum atomic E-state index is 11.7. The summed E-state index contributed by atoms with van der Waals surface area (Å²) in [4.78, 5) is 29.1. The molecule has 0 bridgehead atoms. The van der Waals surface area contributed by atoms with Gasteiger partial charge in [-0.05, 0) is 12.8 Å². The minimum atomic E-state index is -0.581. The highest BCUT2D eigenvalue weighted by atomic mass is 16.6. The zero-order valence-corrected chi connectivity index (χ0v) is 11.1. The minimum absolute atomic E-state index is 0.171. The van der Waals surface area contributed by atoms with Gasteiger partial charge in [-0.15, -0.1) is 0 Å². The number of hydrogen-bond acceptors (Lipinski definition) is 6. The SMILES string of the molecule is CC(C)CNC(=O)C(C)Nc1ncc([N+](=O)[O-])cn1. The van der Waals surface area contributed by atoms with Crippen molar-refractivity contribution in [2.45, 2.75) is 26.8 Å². The van der Waals surface area contributed by atoms with Gasteiger partial charge in [0, 0.05) is 6.54 Å². The number of amides is 1. The number of hydrogen-bond donors (Lipinski definition) is 2. The molecule has 2 N–H and O–H groups in total. The van der Waals surface area contributed by atoms with Gasteiger partial charge in [0.05, 0.1) is 4.92 Å². The quantitative estimate of drug-likeness (QED) is 0.586. The van der Waals surface area contributed by atoms with Crippen LogP contribution in [0, 0.1) is 16.0 Å². The van der Waals surface area contributed by atoms with Gasteiger partial charge in [-0.3, -0.25) is 14.9 Å². The van der Waals surface area contributed by atoms with Crippen molar-refractivity contribution in [1.29, 1.82) is 0 Å². The highest BCUT2D eigenvalue weighted by molar-refractivity contribution is 5.83. The number of carbonyl (C=O) groups is 1. The molecule has 1 unspecified atom stereocenters. The Morgan fingerprint density at radius 3 is 2.42 bits per heavy atom. The minimum Gasteiger partial charge on any atom is -0.354 e. The van der Waals surface area contributed by atoms with Crippen molar-refractivity contribution in [3.8, 4) is 0 Å². The molecular formula is C11H17N5O3. The second-order valence-corrected chi connectivity index (χ2v) is 4.53. The van der Waals surface area contributed by atoms with Crippen molar-refractivity contribution in [1.82, 2.24) is 15.3 Å². The van der Waals surface area contributed by atoms with E-state index in [0.717, 1.165) is 12.4 Å². The lowest BCUT2D eigenvalue weighted by molar-refractivity contribution is -0.385. The molecule has 0 radical (unpaired) electrons. The van der Waals surface area contributed by atoms with Crippen LogP contribution in [0.4, 0.5) is 11.6 Å². The number of anilines is 1. The van der Waals surface area contributed by atoms with Gasteiger partial charge in [0.2, 0.25) is 11.9 Å². The van der Waals surface area contributed by atoms with Crippen molar-refractivity contribution in [2.75, 3.05) is 11.9 Å². The zero-order valence-electron chi connectivity index (χ0n) is 11.1. The molecule has 19 heavy (non-hydrogen) atoms. The Hall–Kier alpha value is -2.25. The molecule has 1 rings (SSSR count). The maximum absolute atomic E-state index is 11.7. The third kappa shape index (κ3) is 4.86. The predicted octanol–water partition coefficient (Wildman–Crippen LogP) is 0.957. The first-order valence-corrected chi connectivity index (χ1v) is 5.91. The van der Waals surface area contributed by atoms with Crippen molar-refractivity contribution >= 4 is 17.5 Å². The topological polar surface area (TPSA) is 110 Å². The van der Waals surface area contributed by atoms with Gasteiger partial charge >= 0.3 is 5.69 Å². The molecule has 1 atom stereocenters. The fourth-order valence-electron chi connectivity index (χ4n) is 1.21. The van der Waals surface area contributed by atoms with Crippen LogP contribution in [0.15, 0.2) is 12.4 Å². The molecule has 0 aliphatic heterocycles. The Morgan fingerprint density at radius 2 is 1.95 bits per heavy atom. The molecule has 8 heteroatoms. The Bertz CT molecular complexity index is 446. The highest BCUT2D eigenvalue weighted by Gasteiger charge is 2.14. The van der Waals surface area contributed by atoms with E-state index in [9.17, 15) is 14.9 Å². The van der Waals surface area contributed by atoms with E-state index in [4.69, 9.17) is 0 Å². The third-order valence-corrected chi connectivity index (χ3v) is 2.27. The van der Waals surface area contributed by atoms with Gasteiger partial charge in [0.1, 0.15) is 18.4 Å². The second-order valence-electron chi connectivity index (χ2n) is 4.53. The average molecular weight is 267 g/mol. The van der Waals surface area contributed by atoms with Crippen LogP contribution in [0.3, 0.4) is 0 Å². The number of nitrogens with one attached hydrogen (secondary N) is 2. The number of nitro groups is 1. The first kappa shape index (κ1) is 14.8. The van der Waals surface area contributed by atoms with Gasteiger partial charge < -0.3 is 10.6 Å². The van der Waals surface area contributed by atoms with E-state index >= 15 is 0 Å². The van der Waals surface area contributed by atoms with Crippen LogP contribution in [0.1, 0.15) is 20.8 Å². The molecule has 0 aliphatic rings. The van der Waals surface area contributed by atoms with E-state index in [1.165, 1.54) is 0 Å². The summed E-state index contributed by atoms with van der Waals surface area (Å²) >= 11 is 0. The van der Waals surface area contributed by atoms with Gasteiger partial charge in [-0.1, -0.05) is 13.8 Å². The number of rotatable bonds is 6. The first-order valence-electron chi connectivity index (χ1n) is 5.91. The van der Waals surface area contributed by atoms with Crippen molar-refractivity contribution in [3.63, 3.8) is 0 Å². The molecule has 1 aromatic rings. The van der Waals surface area contributed by atoms with E-state index in [0.29, 0.717) is 12.5 Å². The van der Waals surface area contributed by atoms with Crippen LogP contribution in [0.25, 0.3) is 0 Å². The molecule has 1 aromatic heterocycles. The predicted molar refractivity (Wildman–Crippen MR) is 69.6 cm³/mol. The van der Waals surface area contributed by atoms with E-state index in [1.54, 1.807) is 6.92 Å². The molecule has 0 saturated heterocycles. The zero-order chi connectivity index (χ0) is 14.4. The fourth-order valence-corrected chi connectivity index (χ4v) is 1.21. The monoisotopic (exact) mass is 267 g/mol. The van der Waals surface area contributed by atoms with Crippen molar-refractivity contribution < 1.29 is 9.72 Å². The summed E-state index contributed by atoms with van der Waals surface area (Å²) in [5.74, 6) is 0.375. The Balaban J connectivity index is 2.54. The molecule has 0 saturated carbocycles. The molecule has 0 aliphatic carbocycles. The molecule has 0 fully saturated rings. The lowest BCUT2D eigenvalue weighted by Gasteiger charge is -2.14.